The summed E-state index contributed by atoms with van der Waals surface area (Å²) in [6.07, 6.45) is 3.14. The monoisotopic (exact) mass is 1040 g/mol. The fourth-order valence-corrected chi connectivity index (χ4v) is 8.89. The Morgan fingerprint density at radius 1 is 0.693 bits per heavy atom. The number of carbonyl (C=O) groups excluding carboxylic acids is 9. The minimum absolute atomic E-state index is 0.0370. The van der Waals surface area contributed by atoms with Crippen molar-refractivity contribution in [3.05, 3.63) is 71.9 Å². The SMILES string of the molecule is CCCC[C@H](NC(C)=O)C(=O)N[C@@H](CCC(C)=O)C(=O)N1C[C@H](O)C[C@H]1C(=O)N[C@H](Cc1ccccc1)C(=O)N[C@@H](CCCN=C(N)N)C(=O)N[C@@H](Cc1c[nH]c2ccccc12)C(=O)N[C@@H](CCCCNC)C(N)=O. The summed E-state index contributed by atoms with van der Waals surface area (Å²) in [6, 6.07) is 7.32. The summed E-state index contributed by atoms with van der Waals surface area (Å²) in [7, 11) is 1.80. The molecule has 1 saturated heterocycles. The smallest absolute Gasteiger partial charge is 0.245 e. The number of hydrogen-bond acceptors (Lipinski definition) is 12. The number of amides is 8. The molecule has 1 aliphatic heterocycles. The summed E-state index contributed by atoms with van der Waals surface area (Å²) < 4.78 is 0. The van der Waals surface area contributed by atoms with Gasteiger partial charge in [-0.15, -0.1) is 0 Å². The molecule has 0 spiro atoms. The number of aliphatic hydroxyl groups excluding tert-OH is 1. The number of fused-ring (bicyclic) bond motifs is 1. The zero-order valence-corrected chi connectivity index (χ0v) is 43.5. The summed E-state index contributed by atoms with van der Waals surface area (Å²) in [5.74, 6) is -6.23. The Hall–Kier alpha value is -7.40. The van der Waals surface area contributed by atoms with Crippen LogP contribution in [-0.4, -0.2) is 149 Å². The molecule has 1 aromatic heterocycles. The van der Waals surface area contributed by atoms with E-state index in [9.17, 15) is 48.3 Å². The van der Waals surface area contributed by atoms with Crippen molar-refractivity contribution in [2.45, 2.75) is 153 Å². The number of unbranched alkanes of at least 4 members (excludes halogenated alkanes) is 2. The third-order valence-electron chi connectivity index (χ3n) is 12.9. The Balaban J connectivity index is 1.65. The topological polar surface area (TPSA) is 368 Å². The predicted molar refractivity (Wildman–Crippen MR) is 282 cm³/mol. The van der Waals surface area contributed by atoms with Crippen LogP contribution in [0.3, 0.4) is 0 Å². The number of β-amino-alcohol motifs (C(OH)–C–C–N with tert-alkyl or cyclic N) is 1. The van der Waals surface area contributed by atoms with Gasteiger partial charge in [-0.3, -0.25) is 43.3 Å². The van der Waals surface area contributed by atoms with Crippen LogP contribution in [0.2, 0.25) is 0 Å². The van der Waals surface area contributed by atoms with E-state index < -0.39 is 95.7 Å². The summed E-state index contributed by atoms with van der Waals surface area (Å²) in [5, 5.41) is 31.1. The van der Waals surface area contributed by atoms with Crippen LogP contribution in [-0.2, 0) is 56.0 Å². The molecule has 2 aromatic carbocycles. The van der Waals surface area contributed by atoms with E-state index in [1.807, 2.05) is 31.2 Å². The van der Waals surface area contributed by atoms with Crippen molar-refractivity contribution in [1.82, 2.24) is 47.1 Å². The molecule has 23 heteroatoms. The van der Waals surface area contributed by atoms with Gasteiger partial charge in [0.1, 0.15) is 48.1 Å². The number of ketones is 1. The van der Waals surface area contributed by atoms with Crippen LogP contribution in [0, 0.1) is 0 Å². The van der Waals surface area contributed by atoms with E-state index in [1.54, 1.807) is 43.6 Å². The van der Waals surface area contributed by atoms with Gasteiger partial charge in [0.2, 0.25) is 47.3 Å². The molecule has 2 heterocycles. The van der Waals surface area contributed by atoms with Gasteiger partial charge in [0.05, 0.1) is 6.10 Å². The molecule has 410 valence electrons. The minimum Gasteiger partial charge on any atom is -0.391 e. The first-order valence-corrected chi connectivity index (χ1v) is 25.7. The summed E-state index contributed by atoms with van der Waals surface area (Å²) in [5.41, 5.74) is 19.0. The summed E-state index contributed by atoms with van der Waals surface area (Å²) in [6.45, 7) is 4.93. The number of aliphatic hydroxyl groups is 1. The van der Waals surface area contributed by atoms with Gasteiger partial charge in [0.15, 0.2) is 5.96 Å². The van der Waals surface area contributed by atoms with Gasteiger partial charge in [-0.05, 0) is 82.7 Å². The maximum atomic E-state index is 14.7. The van der Waals surface area contributed by atoms with Crippen molar-refractivity contribution in [2.24, 2.45) is 22.2 Å². The van der Waals surface area contributed by atoms with Gasteiger partial charge >= 0.3 is 0 Å². The zero-order valence-electron chi connectivity index (χ0n) is 43.5. The number of nitrogens with zero attached hydrogens (tertiary/aromatic N) is 2. The first-order chi connectivity index (χ1) is 35.8. The number of carbonyl (C=O) groups is 9. The number of primary amides is 1. The number of guanidine groups is 1. The van der Waals surface area contributed by atoms with Crippen molar-refractivity contribution >= 4 is 69.9 Å². The molecule has 0 saturated carbocycles. The summed E-state index contributed by atoms with van der Waals surface area (Å²) >= 11 is 0. The molecule has 4 rings (SSSR count). The van der Waals surface area contributed by atoms with Crippen molar-refractivity contribution in [3.63, 3.8) is 0 Å². The van der Waals surface area contributed by atoms with E-state index in [2.05, 4.69) is 47.2 Å². The highest BCUT2D eigenvalue weighted by Crippen LogP contribution is 2.23. The highest BCUT2D eigenvalue weighted by atomic mass is 16.3. The van der Waals surface area contributed by atoms with E-state index in [-0.39, 0.29) is 82.6 Å². The average molecular weight is 1040 g/mol. The number of aromatic amines is 1. The quantitative estimate of drug-likeness (QED) is 0.0210. The van der Waals surface area contributed by atoms with Gasteiger partial charge in [0, 0.05) is 62.8 Å². The fourth-order valence-electron chi connectivity index (χ4n) is 8.89. The third kappa shape index (κ3) is 19.8. The molecule has 0 aliphatic carbocycles. The normalized spacial score (nSPS) is 16.5. The second-order valence-corrected chi connectivity index (χ2v) is 19.0. The van der Waals surface area contributed by atoms with Crippen LogP contribution in [0.1, 0.15) is 103 Å². The van der Waals surface area contributed by atoms with E-state index in [0.29, 0.717) is 36.9 Å². The van der Waals surface area contributed by atoms with Gasteiger partial charge in [-0.25, -0.2) is 0 Å². The number of para-hydroxylation sites is 1. The van der Waals surface area contributed by atoms with E-state index >= 15 is 0 Å². The molecule has 1 aliphatic rings. The number of aliphatic imine (C=N–C) groups is 1. The molecular weight excluding hydrogens is 967 g/mol. The highest BCUT2D eigenvalue weighted by molar-refractivity contribution is 5.98. The van der Waals surface area contributed by atoms with Gasteiger partial charge in [0.25, 0.3) is 0 Å². The molecular formula is C52H77N13O10. The van der Waals surface area contributed by atoms with Crippen LogP contribution in [0.4, 0.5) is 0 Å². The average Bonchev–Trinajstić information content (AvgIpc) is 3.98. The lowest BCUT2D eigenvalue weighted by molar-refractivity contribution is -0.143. The van der Waals surface area contributed by atoms with Crippen LogP contribution in [0.15, 0.2) is 65.8 Å². The number of hydrogen-bond donors (Lipinski definition) is 12. The largest absolute Gasteiger partial charge is 0.391 e. The van der Waals surface area contributed by atoms with Gasteiger partial charge < -0.3 is 74.2 Å². The molecule has 15 N–H and O–H groups in total. The Bertz CT molecular complexity index is 2450. The van der Waals surface area contributed by atoms with Crippen molar-refractivity contribution in [3.8, 4) is 0 Å². The molecule has 23 nitrogen and oxygen atoms in total. The number of likely N-dealkylation sites (tertiary alicyclic amines) is 1. The standard InChI is InChI=1S/C52H77N13O10/c1-5-6-18-39(59-32(3)67)46(70)62-41(23-22-31(2)66)51(75)65-30-35(68)28-44(65)50(74)64-42(26-33-15-8-7-9-16-33)48(72)61-40(21-14-25-57-52(54)55)47(71)63-43(27-34-29-58-37-19-11-10-17-36(34)37)49(73)60-38(45(53)69)20-12-13-24-56-4/h7-11,15-17,19,29,35,38-44,56,58,68H,5-6,12-14,18,20-28,30H2,1-4H3,(H2,53,69)(H,59,67)(H,60,73)(H,61,72)(H,62,70)(H,63,71)(H,64,74)(H4,54,55,57)/t35-,38+,39+,40+,41+,42-,43+,44+/m1/s1. The fraction of sp³-hybridized carbons (Fsp3) is 0.538. The van der Waals surface area contributed by atoms with Crippen LogP contribution >= 0.6 is 0 Å². The third-order valence-corrected chi connectivity index (χ3v) is 12.9. The Morgan fingerprint density at radius 2 is 1.28 bits per heavy atom. The molecule has 8 amide bonds. The molecule has 8 atom stereocenters. The number of benzene rings is 2. The maximum absolute atomic E-state index is 14.7. The minimum atomic E-state index is -1.39. The van der Waals surface area contributed by atoms with Crippen molar-refractivity contribution in [2.75, 3.05) is 26.7 Å². The maximum Gasteiger partial charge on any atom is 0.245 e. The molecule has 3 aromatic rings. The van der Waals surface area contributed by atoms with E-state index in [0.717, 1.165) is 22.2 Å². The second-order valence-electron chi connectivity index (χ2n) is 19.0. The van der Waals surface area contributed by atoms with Crippen molar-refractivity contribution in [1.29, 1.82) is 0 Å². The lowest BCUT2D eigenvalue weighted by atomic mass is 10.0. The molecule has 75 heavy (non-hydrogen) atoms. The number of nitrogens with one attached hydrogen (secondary N) is 8. The zero-order chi connectivity index (χ0) is 55.0. The second kappa shape index (κ2) is 30.7. The van der Waals surface area contributed by atoms with Crippen LogP contribution in [0.5, 0.6) is 0 Å². The molecule has 0 radical (unpaired) electrons. The van der Waals surface area contributed by atoms with Crippen LogP contribution < -0.4 is 54.4 Å². The van der Waals surface area contributed by atoms with E-state index in [1.165, 1.54) is 13.8 Å². The number of nitrogens with two attached hydrogens (primary N) is 3. The number of H-pyrrole nitrogens is 1. The number of aromatic nitrogens is 1. The molecule has 1 fully saturated rings. The van der Waals surface area contributed by atoms with E-state index in [4.69, 9.17) is 17.2 Å². The lowest BCUT2D eigenvalue weighted by Gasteiger charge is -2.31. The highest BCUT2D eigenvalue weighted by Gasteiger charge is 2.43. The Kier molecular flexibility index (Phi) is 24.6. The first-order valence-electron chi connectivity index (χ1n) is 25.7. The Labute approximate surface area is 437 Å². The Morgan fingerprint density at radius 3 is 1.92 bits per heavy atom. The number of Topliss-reactive ketones (excluding diaryl/α,β-unsaturated/α-hetero) is 1. The van der Waals surface area contributed by atoms with Crippen LogP contribution in [0.25, 0.3) is 10.9 Å². The lowest BCUT2D eigenvalue weighted by Crippen LogP contribution is -2.60. The predicted octanol–water partition coefficient (Wildman–Crippen LogP) is -0.668. The summed E-state index contributed by atoms with van der Waals surface area (Å²) in [4.78, 5) is 131. The number of rotatable bonds is 32. The van der Waals surface area contributed by atoms with Gasteiger partial charge in [-0.1, -0.05) is 68.3 Å². The van der Waals surface area contributed by atoms with Gasteiger partial charge in [-0.2, -0.15) is 0 Å². The molecule has 0 bridgehead atoms. The first kappa shape index (κ1) is 60.2. The van der Waals surface area contributed by atoms with Crippen molar-refractivity contribution < 1.29 is 48.3 Å². The molecule has 0 unspecified atom stereocenters.